The molecule has 1 N–H and O–H groups in total. The summed E-state index contributed by atoms with van der Waals surface area (Å²) in [6.07, 6.45) is 2.27. The zero-order valence-electron chi connectivity index (χ0n) is 7.82. The Bertz CT molecular complexity index is 154. The maximum atomic E-state index is 12.8. The average molecular weight is 212 g/mol. The van der Waals surface area contributed by atoms with Gasteiger partial charge in [-0.3, -0.25) is 0 Å². The second-order valence-corrected chi connectivity index (χ2v) is 4.26. The fraction of sp³-hybridized carbons (Fsp3) is 1.00. The first-order valence-corrected chi connectivity index (χ1v) is 5.15. The Morgan fingerprint density at radius 3 is 2.46 bits per heavy atom. The summed E-state index contributed by atoms with van der Waals surface area (Å²) in [6.45, 7) is 1.97. The Kier molecular flexibility index (Phi) is 3.92. The minimum Gasteiger partial charge on any atom is -0.231 e. The van der Waals surface area contributed by atoms with E-state index in [0.717, 1.165) is 6.42 Å². The molecular formula is C9H16ClF2N. The van der Waals surface area contributed by atoms with Crippen LogP contribution >= 0.6 is 11.8 Å². The minimum atomic E-state index is -2.41. The summed E-state index contributed by atoms with van der Waals surface area (Å²) in [5.41, 5.74) is 0. The van der Waals surface area contributed by atoms with Crippen LogP contribution < -0.4 is 4.84 Å². The van der Waals surface area contributed by atoms with Gasteiger partial charge in [-0.1, -0.05) is 0 Å². The van der Waals surface area contributed by atoms with E-state index in [1.54, 1.807) is 0 Å². The first-order valence-electron chi connectivity index (χ1n) is 4.77. The summed E-state index contributed by atoms with van der Waals surface area (Å²) in [7, 11) is 0. The predicted molar refractivity (Wildman–Crippen MR) is 50.0 cm³/mol. The Labute approximate surface area is 82.9 Å². The molecule has 0 heterocycles. The van der Waals surface area contributed by atoms with Crippen molar-refractivity contribution >= 4 is 11.8 Å². The number of hydrogen-bond donors (Lipinski definition) is 1. The molecule has 1 aliphatic carbocycles. The molecule has 0 aromatic rings. The summed E-state index contributed by atoms with van der Waals surface area (Å²) in [5, 5.41) is 0. The van der Waals surface area contributed by atoms with Gasteiger partial charge >= 0.3 is 0 Å². The van der Waals surface area contributed by atoms with Gasteiger partial charge in [0.25, 0.3) is 0 Å². The number of hydrogen-bond acceptors (Lipinski definition) is 1. The van der Waals surface area contributed by atoms with Gasteiger partial charge in [0.1, 0.15) is 0 Å². The van der Waals surface area contributed by atoms with Crippen molar-refractivity contribution in [1.29, 1.82) is 0 Å². The van der Waals surface area contributed by atoms with E-state index in [1.807, 2.05) is 6.92 Å². The van der Waals surface area contributed by atoms with Crippen LogP contribution in [-0.2, 0) is 0 Å². The van der Waals surface area contributed by atoms with Crippen molar-refractivity contribution in [2.75, 3.05) is 0 Å². The summed E-state index contributed by atoms with van der Waals surface area (Å²) in [5.74, 6) is -1.99. The highest BCUT2D eigenvalue weighted by Gasteiger charge is 2.34. The van der Waals surface area contributed by atoms with Crippen LogP contribution in [0.2, 0.25) is 0 Å². The lowest BCUT2D eigenvalue weighted by Crippen LogP contribution is -2.28. The molecule has 1 nitrogen and oxygen atoms in total. The van der Waals surface area contributed by atoms with Gasteiger partial charge in [-0.15, -0.1) is 0 Å². The molecule has 0 radical (unpaired) electrons. The molecule has 78 valence electrons. The van der Waals surface area contributed by atoms with Gasteiger partial charge in [-0.25, -0.2) is 13.6 Å². The van der Waals surface area contributed by atoms with Crippen molar-refractivity contribution in [3.8, 4) is 0 Å². The van der Waals surface area contributed by atoms with E-state index < -0.39 is 5.92 Å². The van der Waals surface area contributed by atoms with Crippen LogP contribution in [0.3, 0.4) is 0 Å². The highest BCUT2D eigenvalue weighted by Crippen LogP contribution is 2.37. The summed E-state index contributed by atoms with van der Waals surface area (Å²) in [6, 6.07) is 0.221. The van der Waals surface area contributed by atoms with E-state index in [0.29, 0.717) is 18.8 Å². The zero-order valence-corrected chi connectivity index (χ0v) is 8.58. The molecule has 0 bridgehead atoms. The second-order valence-electron chi connectivity index (χ2n) is 4.05. The van der Waals surface area contributed by atoms with E-state index in [4.69, 9.17) is 11.8 Å². The molecule has 1 aliphatic rings. The summed E-state index contributed by atoms with van der Waals surface area (Å²) >= 11 is 5.43. The van der Waals surface area contributed by atoms with Crippen LogP contribution in [0.15, 0.2) is 0 Å². The number of nitrogens with one attached hydrogen (secondary N) is 1. The maximum Gasteiger partial charge on any atom is 0.248 e. The second kappa shape index (κ2) is 4.56. The topological polar surface area (TPSA) is 12.0 Å². The minimum absolute atomic E-state index is 0.0483. The Balaban J connectivity index is 2.25. The van der Waals surface area contributed by atoms with E-state index in [-0.39, 0.29) is 18.9 Å². The quantitative estimate of drug-likeness (QED) is 0.707. The Hall–Kier alpha value is 0.110. The van der Waals surface area contributed by atoms with Crippen LogP contribution in [0.5, 0.6) is 0 Å². The standard InChI is InChI=1S/C9H16ClF2N/c1-7(13-10)6-8-2-4-9(11,12)5-3-8/h7-8,13H,2-6H2,1H3. The predicted octanol–water partition coefficient (Wildman–Crippen LogP) is 3.33. The lowest BCUT2D eigenvalue weighted by molar-refractivity contribution is -0.0470. The fourth-order valence-corrected chi connectivity index (χ4v) is 1.97. The molecule has 4 heteroatoms. The monoisotopic (exact) mass is 211 g/mol. The molecule has 1 unspecified atom stereocenters. The van der Waals surface area contributed by atoms with Crippen LogP contribution in [0.4, 0.5) is 8.78 Å². The molecule has 1 rings (SSSR count). The van der Waals surface area contributed by atoms with E-state index in [9.17, 15) is 8.78 Å². The van der Waals surface area contributed by atoms with Gasteiger partial charge in [-0.05, 0) is 43.9 Å². The van der Waals surface area contributed by atoms with E-state index >= 15 is 0 Å². The third-order valence-electron chi connectivity index (χ3n) is 2.71. The summed E-state index contributed by atoms with van der Waals surface area (Å²) in [4.78, 5) is 2.62. The molecule has 0 amide bonds. The molecule has 1 atom stereocenters. The molecule has 13 heavy (non-hydrogen) atoms. The smallest absolute Gasteiger partial charge is 0.231 e. The van der Waals surface area contributed by atoms with Crippen LogP contribution in [0.1, 0.15) is 39.0 Å². The molecule has 1 fully saturated rings. The van der Waals surface area contributed by atoms with Gasteiger partial charge in [0.2, 0.25) is 5.92 Å². The number of alkyl halides is 2. The normalized spacial score (nSPS) is 25.8. The maximum absolute atomic E-state index is 12.8. The van der Waals surface area contributed by atoms with Crippen molar-refractivity contribution in [2.24, 2.45) is 5.92 Å². The van der Waals surface area contributed by atoms with E-state index in [1.165, 1.54) is 0 Å². The van der Waals surface area contributed by atoms with Gasteiger partial charge in [-0.2, -0.15) is 0 Å². The molecule has 1 saturated carbocycles. The van der Waals surface area contributed by atoms with Crippen molar-refractivity contribution in [1.82, 2.24) is 4.84 Å². The van der Waals surface area contributed by atoms with Gasteiger partial charge in [0.15, 0.2) is 0 Å². The molecular weight excluding hydrogens is 196 g/mol. The summed E-state index contributed by atoms with van der Waals surface area (Å²) < 4.78 is 25.5. The van der Waals surface area contributed by atoms with Gasteiger partial charge < -0.3 is 0 Å². The van der Waals surface area contributed by atoms with Gasteiger partial charge in [0, 0.05) is 18.9 Å². The molecule has 0 aromatic carbocycles. The SMILES string of the molecule is CC(CC1CCC(F)(F)CC1)NCl. The first-order chi connectivity index (χ1) is 6.03. The van der Waals surface area contributed by atoms with Crippen molar-refractivity contribution < 1.29 is 8.78 Å². The number of rotatable bonds is 3. The van der Waals surface area contributed by atoms with Crippen LogP contribution in [0, 0.1) is 5.92 Å². The van der Waals surface area contributed by atoms with Crippen molar-refractivity contribution in [2.45, 2.75) is 51.0 Å². The largest absolute Gasteiger partial charge is 0.248 e. The Morgan fingerprint density at radius 2 is 2.00 bits per heavy atom. The third-order valence-corrected chi connectivity index (χ3v) is 3.08. The van der Waals surface area contributed by atoms with Gasteiger partial charge in [0.05, 0.1) is 0 Å². The van der Waals surface area contributed by atoms with Crippen molar-refractivity contribution in [3.63, 3.8) is 0 Å². The van der Waals surface area contributed by atoms with Crippen LogP contribution in [-0.4, -0.2) is 12.0 Å². The lowest BCUT2D eigenvalue weighted by atomic mass is 9.83. The molecule has 0 spiro atoms. The highest BCUT2D eigenvalue weighted by atomic mass is 35.5. The molecule has 0 aliphatic heterocycles. The molecule has 0 saturated heterocycles. The highest BCUT2D eigenvalue weighted by molar-refractivity contribution is 6.13. The lowest BCUT2D eigenvalue weighted by Gasteiger charge is -2.29. The number of halogens is 3. The fourth-order valence-electron chi connectivity index (χ4n) is 1.88. The first kappa shape index (κ1) is 11.2. The third kappa shape index (κ3) is 3.77. The average Bonchev–Trinajstić information content (AvgIpc) is 2.08. The van der Waals surface area contributed by atoms with Crippen LogP contribution in [0.25, 0.3) is 0 Å². The zero-order chi connectivity index (χ0) is 9.90. The molecule has 0 aromatic heterocycles. The van der Waals surface area contributed by atoms with E-state index in [2.05, 4.69) is 4.84 Å². The Morgan fingerprint density at radius 1 is 1.46 bits per heavy atom. The van der Waals surface area contributed by atoms with Crippen molar-refractivity contribution in [3.05, 3.63) is 0 Å².